The number of hydrogen-bond acceptors (Lipinski definition) is 6. The number of hydrogen-bond donors (Lipinski definition) is 5. The van der Waals surface area contributed by atoms with E-state index in [2.05, 4.69) is 10.4 Å². The van der Waals surface area contributed by atoms with Crippen molar-refractivity contribution in [2.24, 2.45) is 11.1 Å². The first-order chi connectivity index (χ1) is 17.7. The number of amides is 1. The maximum absolute atomic E-state index is 15.4. The number of rotatable bonds is 6. The van der Waals surface area contributed by atoms with Crippen LogP contribution in [0.3, 0.4) is 0 Å². The number of carbonyl (C=O) groups excluding carboxylic acids is 1. The number of halogens is 1. The van der Waals surface area contributed by atoms with E-state index in [1.54, 1.807) is 10.6 Å². The summed E-state index contributed by atoms with van der Waals surface area (Å²) < 4.78 is 60.6. The number of nitrogens with zero attached hydrogens (tertiary/aromatic N) is 1. The Kier molecular flexibility index (Phi) is 6.77. The standard InChI is InChI=1S/C24H32FN4O7PS/c1-24(2)9-19-22(38(34,35)12-24)16-10-36-11-20(16)29(19)15-7-17(25)21(23(26)30)18(8-15)27-13-3-5-14(6-4-13)28-37(31,32)33/h7-8,13-14,27H,3-6,9-12H2,1-2H3,(H2,26,30)(H3,28,31,32,33). The first-order valence-electron chi connectivity index (χ1n) is 12.4. The first-order valence-corrected chi connectivity index (χ1v) is 15.7. The predicted molar refractivity (Wildman–Crippen MR) is 137 cm³/mol. The van der Waals surface area contributed by atoms with Crippen molar-refractivity contribution in [3.63, 3.8) is 0 Å². The van der Waals surface area contributed by atoms with Gasteiger partial charge in [-0.15, -0.1) is 0 Å². The monoisotopic (exact) mass is 570 g/mol. The van der Waals surface area contributed by atoms with E-state index in [0.717, 1.165) is 0 Å². The van der Waals surface area contributed by atoms with E-state index >= 15 is 4.39 Å². The molecule has 3 aliphatic rings. The van der Waals surface area contributed by atoms with Crippen molar-refractivity contribution >= 4 is 29.2 Å². The Morgan fingerprint density at radius 3 is 2.45 bits per heavy atom. The molecule has 11 nitrogen and oxygen atoms in total. The number of ether oxygens (including phenoxy) is 1. The van der Waals surface area contributed by atoms with Gasteiger partial charge in [-0.25, -0.2) is 22.5 Å². The molecule has 0 radical (unpaired) electrons. The fourth-order valence-electron chi connectivity index (χ4n) is 6.09. The summed E-state index contributed by atoms with van der Waals surface area (Å²) in [4.78, 5) is 30.8. The highest BCUT2D eigenvalue weighted by Gasteiger charge is 2.43. The molecule has 1 aliphatic carbocycles. The molecule has 0 spiro atoms. The molecular formula is C24H32FN4O7PS. The molecule has 0 saturated heterocycles. The van der Waals surface area contributed by atoms with Gasteiger partial charge in [0.1, 0.15) is 5.82 Å². The zero-order chi connectivity index (χ0) is 27.6. The molecule has 0 atom stereocenters. The van der Waals surface area contributed by atoms with E-state index in [1.807, 2.05) is 13.8 Å². The number of benzene rings is 1. The third-order valence-corrected chi connectivity index (χ3v) is 10.4. The highest BCUT2D eigenvalue weighted by molar-refractivity contribution is 7.91. The Morgan fingerprint density at radius 1 is 1.16 bits per heavy atom. The molecule has 1 saturated carbocycles. The molecule has 208 valence electrons. The van der Waals surface area contributed by atoms with Gasteiger partial charge in [0.05, 0.1) is 46.5 Å². The number of nitrogens with two attached hydrogens (primary N) is 1. The minimum absolute atomic E-state index is 0.00474. The molecule has 1 fully saturated rings. The maximum atomic E-state index is 15.4. The van der Waals surface area contributed by atoms with Crippen molar-refractivity contribution in [2.45, 2.75) is 76.1 Å². The molecule has 14 heteroatoms. The molecular weight excluding hydrogens is 538 g/mol. The average Bonchev–Trinajstić information content (AvgIpc) is 3.31. The smallest absolute Gasteiger partial charge is 0.382 e. The van der Waals surface area contributed by atoms with E-state index < -0.39 is 34.7 Å². The first kappa shape index (κ1) is 27.3. The maximum Gasteiger partial charge on any atom is 0.400 e. The number of primary amides is 1. The van der Waals surface area contributed by atoms with Crippen LogP contribution in [0, 0.1) is 11.2 Å². The van der Waals surface area contributed by atoms with Gasteiger partial charge >= 0.3 is 7.75 Å². The predicted octanol–water partition coefficient (Wildman–Crippen LogP) is 2.51. The van der Waals surface area contributed by atoms with Gasteiger partial charge in [0.15, 0.2) is 9.84 Å². The molecule has 0 unspecified atom stereocenters. The van der Waals surface area contributed by atoms with Crippen molar-refractivity contribution in [1.29, 1.82) is 0 Å². The van der Waals surface area contributed by atoms with Crippen molar-refractivity contribution in [3.05, 3.63) is 40.5 Å². The summed E-state index contributed by atoms with van der Waals surface area (Å²) in [6.07, 6.45) is 2.46. The van der Waals surface area contributed by atoms with E-state index in [0.29, 0.717) is 54.7 Å². The van der Waals surface area contributed by atoms with Crippen LogP contribution in [0.1, 0.15) is 66.8 Å². The third kappa shape index (κ3) is 5.15. The fourth-order valence-corrected chi connectivity index (χ4v) is 9.18. The van der Waals surface area contributed by atoms with E-state index in [4.69, 9.17) is 10.5 Å². The highest BCUT2D eigenvalue weighted by atomic mass is 32.2. The molecule has 5 rings (SSSR count). The third-order valence-electron chi connectivity index (χ3n) is 7.46. The van der Waals surface area contributed by atoms with Gasteiger partial charge in [0.25, 0.3) is 5.91 Å². The summed E-state index contributed by atoms with van der Waals surface area (Å²) in [6, 6.07) is 2.26. The molecule has 1 aromatic heterocycles. The lowest BCUT2D eigenvalue weighted by Gasteiger charge is -2.32. The van der Waals surface area contributed by atoms with Crippen molar-refractivity contribution in [1.82, 2.24) is 9.65 Å². The molecule has 2 aliphatic heterocycles. The number of fused-ring (bicyclic) bond motifs is 3. The molecule has 1 aromatic carbocycles. The van der Waals surface area contributed by atoms with Gasteiger partial charge in [-0.2, -0.15) is 0 Å². The van der Waals surface area contributed by atoms with Crippen LogP contribution in [0.15, 0.2) is 17.0 Å². The lowest BCUT2D eigenvalue weighted by molar-refractivity contribution is 0.0997. The average molecular weight is 571 g/mol. The number of anilines is 1. The molecule has 3 heterocycles. The number of sulfone groups is 1. The topological polar surface area (TPSA) is 173 Å². The summed E-state index contributed by atoms with van der Waals surface area (Å²) in [5.41, 5.74) is 7.08. The number of carbonyl (C=O) groups is 1. The second kappa shape index (κ2) is 9.42. The SMILES string of the molecule is CC1(C)Cc2c(c3c(n2-c2cc(F)c(C(N)=O)c(NC4CCC(NP(=O)(O)O)CC4)c2)COC3)S(=O)(=O)C1. The summed E-state index contributed by atoms with van der Waals surface area (Å²) in [7, 11) is -7.95. The fraction of sp³-hybridized carbons (Fsp3) is 0.542. The second-order valence-electron chi connectivity index (χ2n) is 11.2. The Hall–Kier alpha value is -2.28. The van der Waals surface area contributed by atoms with Gasteiger partial charge in [0.2, 0.25) is 0 Å². The summed E-state index contributed by atoms with van der Waals surface area (Å²) in [5, 5.41) is 5.53. The summed E-state index contributed by atoms with van der Waals surface area (Å²) in [6.45, 7) is 4.10. The summed E-state index contributed by atoms with van der Waals surface area (Å²) >= 11 is 0. The van der Waals surface area contributed by atoms with Crippen molar-refractivity contribution in [3.8, 4) is 5.69 Å². The van der Waals surface area contributed by atoms with E-state index in [1.165, 1.54) is 6.07 Å². The lowest BCUT2D eigenvalue weighted by atomic mass is 9.89. The Labute approximate surface area is 220 Å². The largest absolute Gasteiger partial charge is 0.400 e. The van der Waals surface area contributed by atoms with Gasteiger partial charge in [-0.05, 0) is 49.7 Å². The van der Waals surface area contributed by atoms with Crippen LogP contribution in [0.25, 0.3) is 5.69 Å². The Bertz CT molecular complexity index is 1460. The Morgan fingerprint density at radius 2 is 1.82 bits per heavy atom. The quantitative estimate of drug-likeness (QED) is 0.327. The normalized spacial score (nSPS) is 24.0. The molecule has 1 amide bonds. The van der Waals surface area contributed by atoms with Gasteiger partial charge < -0.3 is 30.1 Å². The zero-order valence-corrected chi connectivity index (χ0v) is 22.9. The lowest BCUT2D eigenvalue weighted by Crippen LogP contribution is -2.36. The van der Waals surface area contributed by atoms with E-state index in [-0.39, 0.29) is 47.2 Å². The summed E-state index contributed by atoms with van der Waals surface area (Å²) in [5.74, 6) is -1.77. The highest BCUT2D eigenvalue weighted by Crippen LogP contribution is 2.44. The second-order valence-corrected chi connectivity index (χ2v) is 14.5. The number of aromatic nitrogens is 1. The zero-order valence-electron chi connectivity index (χ0n) is 21.2. The van der Waals surface area contributed by atoms with E-state index in [9.17, 15) is 27.6 Å². The van der Waals surface area contributed by atoms with Gasteiger partial charge in [0, 0.05) is 23.3 Å². The van der Waals surface area contributed by atoms with Gasteiger partial charge in [-0.3, -0.25) is 4.79 Å². The molecule has 2 aromatic rings. The van der Waals surface area contributed by atoms with Gasteiger partial charge in [-0.1, -0.05) is 13.8 Å². The van der Waals surface area contributed by atoms with Crippen LogP contribution >= 0.6 is 7.75 Å². The van der Waals surface area contributed by atoms with Crippen LogP contribution in [0.2, 0.25) is 0 Å². The molecule has 38 heavy (non-hydrogen) atoms. The minimum atomic E-state index is -4.35. The van der Waals surface area contributed by atoms with Crippen LogP contribution in [0.5, 0.6) is 0 Å². The minimum Gasteiger partial charge on any atom is -0.382 e. The van der Waals surface area contributed by atoms with Crippen LogP contribution < -0.4 is 16.1 Å². The van der Waals surface area contributed by atoms with Crippen LogP contribution in [-0.2, 0) is 38.8 Å². The van der Waals surface area contributed by atoms with Crippen LogP contribution in [0.4, 0.5) is 10.1 Å². The van der Waals surface area contributed by atoms with Crippen LogP contribution in [-0.4, -0.2) is 46.5 Å². The number of nitrogens with one attached hydrogen (secondary N) is 2. The molecule has 0 bridgehead atoms. The van der Waals surface area contributed by atoms with Crippen molar-refractivity contribution in [2.75, 3.05) is 11.1 Å². The Balaban J connectivity index is 1.55. The molecule has 6 N–H and O–H groups in total. The van der Waals surface area contributed by atoms with Crippen molar-refractivity contribution < 1.29 is 36.7 Å².